The Labute approximate surface area is 140 Å². The average molecular weight is 339 g/mol. The van der Waals surface area contributed by atoms with Gasteiger partial charge in [0.15, 0.2) is 17.3 Å². The van der Waals surface area contributed by atoms with Gasteiger partial charge in [-0.25, -0.2) is 14.8 Å². The van der Waals surface area contributed by atoms with Crippen LogP contribution in [0.25, 0.3) is 22.7 Å². The van der Waals surface area contributed by atoms with E-state index in [9.17, 15) is 10.0 Å². The summed E-state index contributed by atoms with van der Waals surface area (Å²) in [7, 11) is 0. The SMILES string of the molecule is Cc1cccc(Cn2c(=O)[nH]c3c(N)nc(-c4ccn[nH]4)nc32)[n+]1O. The molecule has 0 unspecified atom stereocenters. The minimum absolute atomic E-state index is 0.121. The standard InChI is InChI=1S/C15H14N8O2/c1-8-3-2-4-9(23(8)25)7-22-14-11(18-15(22)24)12(16)19-13(20-14)10-5-6-17-21-10/h2-6H,7H2,1H3,(H4-,16,17,18,19,20,21,24,25)/p+1. The lowest BCUT2D eigenvalue weighted by Gasteiger charge is -2.03. The van der Waals surface area contributed by atoms with Crippen molar-refractivity contribution in [3.63, 3.8) is 0 Å². The molecular formula is C15H15N8O2+. The van der Waals surface area contributed by atoms with Crippen molar-refractivity contribution in [2.45, 2.75) is 13.5 Å². The number of nitrogens with one attached hydrogen (secondary N) is 2. The molecule has 10 heteroatoms. The molecule has 10 nitrogen and oxygen atoms in total. The number of pyridine rings is 1. The summed E-state index contributed by atoms with van der Waals surface area (Å²) in [6, 6.07) is 6.99. The summed E-state index contributed by atoms with van der Waals surface area (Å²) in [5.74, 6) is 0.489. The summed E-state index contributed by atoms with van der Waals surface area (Å²) in [6.45, 7) is 1.88. The molecule has 25 heavy (non-hydrogen) atoms. The fourth-order valence-corrected chi connectivity index (χ4v) is 2.65. The second-order valence-electron chi connectivity index (χ2n) is 5.59. The number of aromatic amines is 2. The highest BCUT2D eigenvalue weighted by Gasteiger charge is 2.20. The number of nitrogens with two attached hydrogens (primary N) is 1. The van der Waals surface area contributed by atoms with E-state index in [4.69, 9.17) is 5.73 Å². The molecular weight excluding hydrogens is 324 g/mol. The van der Waals surface area contributed by atoms with Crippen LogP contribution in [0.4, 0.5) is 5.82 Å². The second-order valence-corrected chi connectivity index (χ2v) is 5.59. The number of nitrogen functional groups attached to an aromatic ring is 1. The maximum atomic E-state index is 12.4. The van der Waals surface area contributed by atoms with Crippen molar-refractivity contribution in [2.75, 3.05) is 5.73 Å². The van der Waals surface area contributed by atoms with Gasteiger partial charge >= 0.3 is 5.69 Å². The molecule has 0 saturated carbocycles. The van der Waals surface area contributed by atoms with Gasteiger partial charge in [0.2, 0.25) is 5.69 Å². The van der Waals surface area contributed by atoms with E-state index in [-0.39, 0.29) is 18.1 Å². The molecule has 0 saturated heterocycles. The van der Waals surface area contributed by atoms with E-state index in [2.05, 4.69) is 25.1 Å². The molecule has 0 bridgehead atoms. The fraction of sp³-hybridized carbons (Fsp3) is 0.133. The van der Waals surface area contributed by atoms with Crippen LogP contribution in [0.15, 0.2) is 35.3 Å². The molecule has 0 aliphatic heterocycles. The van der Waals surface area contributed by atoms with Gasteiger partial charge in [-0.1, -0.05) is 0 Å². The Bertz CT molecular complexity index is 1130. The highest BCUT2D eigenvalue weighted by Crippen LogP contribution is 2.19. The predicted octanol–water partition coefficient (Wildman–Crippen LogP) is -0.0266. The Kier molecular flexibility index (Phi) is 3.24. The van der Waals surface area contributed by atoms with Gasteiger partial charge in [0.05, 0.1) is 0 Å². The number of nitrogens with zero attached hydrogens (tertiary/aromatic N) is 5. The van der Waals surface area contributed by atoms with E-state index in [0.29, 0.717) is 34.1 Å². The van der Waals surface area contributed by atoms with Crippen LogP contribution in [-0.4, -0.2) is 34.9 Å². The van der Waals surface area contributed by atoms with Gasteiger partial charge in [0.25, 0.3) is 5.69 Å². The summed E-state index contributed by atoms with van der Waals surface area (Å²) < 4.78 is 2.43. The van der Waals surface area contributed by atoms with Gasteiger partial charge < -0.3 is 10.7 Å². The number of aromatic nitrogens is 7. The summed E-state index contributed by atoms with van der Waals surface area (Å²) in [5, 5.41) is 16.8. The van der Waals surface area contributed by atoms with Crippen molar-refractivity contribution in [3.8, 4) is 11.5 Å². The van der Waals surface area contributed by atoms with Crippen molar-refractivity contribution >= 4 is 17.0 Å². The molecule has 4 heterocycles. The third-order valence-corrected chi connectivity index (χ3v) is 3.94. The molecule has 0 spiro atoms. The molecule has 0 fully saturated rings. The zero-order valence-corrected chi connectivity index (χ0v) is 13.3. The summed E-state index contributed by atoms with van der Waals surface area (Å²) in [6.07, 6.45) is 1.57. The predicted molar refractivity (Wildman–Crippen MR) is 87.8 cm³/mol. The first-order valence-electron chi connectivity index (χ1n) is 7.50. The van der Waals surface area contributed by atoms with E-state index >= 15 is 0 Å². The Balaban J connectivity index is 1.90. The van der Waals surface area contributed by atoms with E-state index in [1.54, 1.807) is 37.4 Å². The van der Waals surface area contributed by atoms with Gasteiger partial charge in [-0.3, -0.25) is 14.9 Å². The fourth-order valence-electron chi connectivity index (χ4n) is 2.65. The molecule has 0 aliphatic rings. The Hall–Kier alpha value is -3.69. The highest BCUT2D eigenvalue weighted by molar-refractivity contribution is 5.83. The topological polar surface area (TPSA) is 142 Å². The van der Waals surface area contributed by atoms with Crippen molar-refractivity contribution in [1.82, 2.24) is 29.7 Å². The van der Waals surface area contributed by atoms with E-state index in [1.165, 1.54) is 4.57 Å². The van der Waals surface area contributed by atoms with Crippen LogP contribution in [0.2, 0.25) is 0 Å². The number of hydrogen-bond donors (Lipinski definition) is 4. The van der Waals surface area contributed by atoms with Crippen LogP contribution < -0.4 is 16.2 Å². The van der Waals surface area contributed by atoms with Gasteiger partial charge in [-0.2, -0.15) is 5.10 Å². The van der Waals surface area contributed by atoms with Gasteiger partial charge in [-0.05, 0) is 12.1 Å². The van der Waals surface area contributed by atoms with Crippen molar-refractivity contribution in [3.05, 3.63) is 52.3 Å². The average Bonchev–Trinajstić information content (AvgIpc) is 3.21. The van der Waals surface area contributed by atoms with Gasteiger partial charge in [-0.15, -0.1) is 0 Å². The van der Waals surface area contributed by atoms with E-state index in [1.807, 2.05) is 0 Å². The Morgan fingerprint density at radius 3 is 2.92 bits per heavy atom. The summed E-state index contributed by atoms with van der Waals surface area (Å²) >= 11 is 0. The molecule has 5 N–H and O–H groups in total. The molecule has 0 aromatic carbocycles. The van der Waals surface area contributed by atoms with Crippen molar-refractivity contribution in [1.29, 1.82) is 0 Å². The highest BCUT2D eigenvalue weighted by atomic mass is 16.5. The lowest BCUT2D eigenvalue weighted by molar-refractivity contribution is -0.913. The lowest BCUT2D eigenvalue weighted by Crippen LogP contribution is -2.40. The van der Waals surface area contributed by atoms with Gasteiger partial charge in [0.1, 0.15) is 17.8 Å². The molecule has 126 valence electrons. The van der Waals surface area contributed by atoms with Gasteiger partial charge in [0, 0.05) is 30.0 Å². The smallest absolute Gasteiger partial charge is 0.328 e. The number of imidazole rings is 1. The number of fused-ring (bicyclic) bond motifs is 1. The third-order valence-electron chi connectivity index (χ3n) is 3.94. The van der Waals surface area contributed by atoms with Crippen molar-refractivity contribution < 1.29 is 9.94 Å². The number of aryl methyl sites for hydroxylation is 1. The first-order valence-corrected chi connectivity index (χ1v) is 7.50. The quantitative estimate of drug-likeness (QED) is 0.305. The molecule has 0 aliphatic carbocycles. The molecule has 0 atom stereocenters. The largest absolute Gasteiger partial charge is 0.382 e. The van der Waals surface area contributed by atoms with Crippen LogP contribution in [0.5, 0.6) is 0 Å². The van der Waals surface area contributed by atoms with Crippen LogP contribution in [0, 0.1) is 6.92 Å². The Morgan fingerprint density at radius 1 is 1.32 bits per heavy atom. The Morgan fingerprint density at radius 2 is 2.16 bits per heavy atom. The molecule has 4 aromatic rings. The van der Waals surface area contributed by atoms with E-state index in [0.717, 1.165) is 4.73 Å². The number of hydrogen-bond acceptors (Lipinski definition) is 6. The number of anilines is 1. The summed E-state index contributed by atoms with van der Waals surface area (Å²) in [5.41, 5.74) is 8.05. The lowest BCUT2D eigenvalue weighted by atomic mass is 10.3. The first kappa shape index (κ1) is 14.9. The summed E-state index contributed by atoms with van der Waals surface area (Å²) in [4.78, 5) is 23.6. The molecule has 0 amide bonds. The normalized spacial score (nSPS) is 11.2. The van der Waals surface area contributed by atoms with Crippen LogP contribution in [-0.2, 0) is 6.54 Å². The first-order chi connectivity index (χ1) is 12.0. The van der Waals surface area contributed by atoms with Crippen LogP contribution in [0.1, 0.15) is 11.4 Å². The zero-order valence-electron chi connectivity index (χ0n) is 13.3. The van der Waals surface area contributed by atoms with Crippen molar-refractivity contribution in [2.24, 2.45) is 0 Å². The minimum Gasteiger partial charge on any atom is -0.382 e. The maximum Gasteiger partial charge on any atom is 0.328 e. The number of rotatable bonds is 3. The second kappa shape index (κ2) is 5.44. The van der Waals surface area contributed by atoms with Crippen LogP contribution >= 0.6 is 0 Å². The number of H-pyrrole nitrogens is 2. The van der Waals surface area contributed by atoms with Crippen LogP contribution in [0.3, 0.4) is 0 Å². The molecule has 4 aromatic heterocycles. The molecule has 4 rings (SSSR count). The monoisotopic (exact) mass is 339 g/mol. The maximum absolute atomic E-state index is 12.4. The third kappa shape index (κ3) is 2.40. The zero-order chi connectivity index (χ0) is 17.6. The minimum atomic E-state index is -0.390. The molecule has 0 radical (unpaired) electrons. The van der Waals surface area contributed by atoms with E-state index < -0.39 is 0 Å².